The molecule has 0 saturated heterocycles. The zero-order chi connectivity index (χ0) is 10.8. The topological polar surface area (TPSA) is 45.8 Å². The van der Waals surface area contributed by atoms with Crippen molar-refractivity contribution in [2.45, 2.75) is 6.92 Å². The van der Waals surface area contributed by atoms with Crippen molar-refractivity contribution >= 4 is 11.6 Å². The van der Waals surface area contributed by atoms with Gasteiger partial charge in [-0.15, -0.1) is 0 Å². The third-order valence-electron chi connectivity index (χ3n) is 2.17. The Hall–Kier alpha value is -1.61. The molecule has 0 atom stereocenters. The fourth-order valence-electron chi connectivity index (χ4n) is 1.47. The first-order valence-corrected chi connectivity index (χ1v) is 4.88. The second-order valence-corrected chi connectivity index (χ2v) is 3.57. The number of nitrogens with zero attached hydrogens (tertiary/aromatic N) is 1. The number of H-pyrrole nitrogens is 1. The predicted octanol–water partition coefficient (Wildman–Crippen LogP) is 2.40. The Morgan fingerprint density at radius 2 is 1.93 bits per heavy atom. The van der Waals surface area contributed by atoms with E-state index in [1.807, 2.05) is 30.3 Å². The third-order valence-corrected chi connectivity index (χ3v) is 2.43. The minimum absolute atomic E-state index is 0.0283. The number of aromatic amines is 1. The van der Waals surface area contributed by atoms with Crippen molar-refractivity contribution in [1.82, 2.24) is 10.2 Å². The van der Waals surface area contributed by atoms with Crippen LogP contribution in [0.2, 0.25) is 5.15 Å². The normalized spacial score (nSPS) is 10.3. The number of nitrogens with one attached hydrogen (secondary N) is 1. The van der Waals surface area contributed by atoms with Crippen molar-refractivity contribution in [3.63, 3.8) is 0 Å². The zero-order valence-electron chi connectivity index (χ0n) is 8.12. The highest BCUT2D eigenvalue weighted by Gasteiger charge is 2.10. The van der Waals surface area contributed by atoms with Crippen LogP contribution in [0.1, 0.15) is 5.69 Å². The van der Waals surface area contributed by atoms with Crippen molar-refractivity contribution in [3.8, 4) is 11.1 Å². The monoisotopic (exact) mass is 220 g/mol. The fourth-order valence-corrected chi connectivity index (χ4v) is 1.60. The summed E-state index contributed by atoms with van der Waals surface area (Å²) in [4.78, 5) is 11.8. The Balaban J connectivity index is 2.73. The molecule has 2 aromatic rings. The first-order valence-electron chi connectivity index (χ1n) is 4.50. The van der Waals surface area contributed by atoms with E-state index in [-0.39, 0.29) is 10.6 Å². The first-order chi connectivity index (χ1) is 7.20. The lowest BCUT2D eigenvalue weighted by Crippen LogP contribution is -2.11. The summed E-state index contributed by atoms with van der Waals surface area (Å²) >= 11 is 5.68. The highest BCUT2D eigenvalue weighted by atomic mass is 35.5. The van der Waals surface area contributed by atoms with E-state index in [2.05, 4.69) is 10.2 Å². The molecule has 1 aromatic carbocycles. The van der Waals surface area contributed by atoms with Gasteiger partial charge in [0.05, 0.1) is 5.56 Å². The van der Waals surface area contributed by atoms with Gasteiger partial charge >= 0.3 is 0 Å². The van der Waals surface area contributed by atoms with Gasteiger partial charge in [-0.3, -0.25) is 9.89 Å². The van der Waals surface area contributed by atoms with Crippen LogP contribution in [0, 0.1) is 6.92 Å². The SMILES string of the molecule is Cc1[nH]nc(Cl)c(=O)c1-c1ccccc1. The summed E-state index contributed by atoms with van der Waals surface area (Å²) in [6.45, 7) is 1.80. The van der Waals surface area contributed by atoms with Crippen LogP contribution >= 0.6 is 11.6 Å². The van der Waals surface area contributed by atoms with E-state index in [1.165, 1.54) is 0 Å². The summed E-state index contributed by atoms with van der Waals surface area (Å²) in [6.07, 6.45) is 0. The van der Waals surface area contributed by atoms with Gasteiger partial charge in [-0.1, -0.05) is 41.9 Å². The van der Waals surface area contributed by atoms with Crippen molar-refractivity contribution in [2.75, 3.05) is 0 Å². The number of hydrogen-bond acceptors (Lipinski definition) is 2. The molecule has 0 fully saturated rings. The summed E-state index contributed by atoms with van der Waals surface area (Å²) in [5, 5.41) is 6.39. The lowest BCUT2D eigenvalue weighted by atomic mass is 10.1. The Morgan fingerprint density at radius 3 is 2.60 bits per heavy atom. The van der Waals surface area contributed by atoms with E-state index in [4.69, 9.17) is 11.6 Å². The van der Waals surface area contributed by atoms with Crippen LogP contribution in [0.4, 0.5) is 0 Å². The second kappa shape index (κ2) is 3.87. The molecule has 1 N–H and O–H groups in total. The summed E-state index contributed by atoms with van der Waals surface area (Å²) in [7, 11) is 0. The van der Waals surface area contributed by atoms with Gasteiger partial charge in [0.25, 0.3) is 0 Å². The average Bonchev–Trinajstić information content (AvgIpc) is 2.26. The maximum atomic E-state index is 11.8. The molecule has 76 valence electrons. The molecule has 0 amide bonds. The molecule has 3 nitrogen and oxygen atoms in total. The van der Waals surface area contributed by atoms with E-state index in [0.717, 1.165) is 11.3 Å². The van der Waals surface area contributed by atoms with E-state index < -0.39 is 0 Å². The summed E-state index contributed by atoms with van der Waals surface area (Å²) < 4.78 is 0. The molecule has 1 aromatic heterocycles. The lowest BCUT2D eigenvalue weighted by Gasteiger charge is -2.04. The Kier molecular flexibility index (Phi) is 2.56. The predicted molar refractivity (Wildman–Crippen MR) is 60.0 cm³/mol. The minimum Gasteiger partial charge on any atom is -0.286 e. The largest absolute Gasteiger partial charge is 0.286 e. The smallest absolute Gasteiger partial charge is 0.227 e. The molecule has 0 radical (unpaired) electrons. The van der Waals surface area contributed by atoms with Crippen molar-refractivity contribution in [3.05, 3.63) is 51.4 Å². The summed E-state index contributed by atoms with van der Waals surface area (Å²) in [5.74, 6) is 0. The zero-order valence-corrected chi connectivity index (χ0v) is 8.88. The van der Waals surface area contributed by atoms with Gasteiger partial charge in [0, 0.05) is 5.69 Å². The van der Waals surface area contributed by atoms with Crippen LogP contribution in [-0.2, 0) is 0 Å². The molecule has 0 unspecified atom stereocenters. The molecule has 0 spiro atoms. The van der Waals surface area contributed by atoms with Crippen molar-refractivity contribution in [2.24, 2.45) is 0 Å². The van der Waals surface area contributed by atoms with Crippen LogP contribution in [0.25, 0.3) is 11.1 Å². The van der Waals surface area contributed by atoms with E-state index >= 15 is 0 Å². The van der Waals surface area contributed by atoms with Crippen LogP contribution < -0.4 is 5.43 Å². The van der Waals surface area contributed by atoms with Gasteiger partial charge in [-0.05, 0) is 12.5 Å². The van der Waals surface area contributed by atoms with Crippen molar-refractivity contribution in [1.29, 1.82) is 0 Å². The van der Waals surface area contributed by atoms with E-state index in [9.17, 15) is 4.79 Å². The molecule has 4 heteroatoms. The van der Waals surface area contributed by atoms with Gasteiger partial charge < -0.3 is 0 Å². The molecule has 0 aliphatic carbocycles. The average molecular weight is 221 g/mol. The maximum Gasteiger partial charge on any atom is 0.227 e. The highest BCUT2D eigenvalue weighted by molar-refractivity contribution is 6.29. The van der Waals surface area contributed by atoms with Gasteiger partial charge in [0.2, 0.25) is 5.43 Å². The number of hydrogen-bond donors (Lipinski definition) is 1. The first kappa shape index (κ1) is 9.93. The van der Waals surface area contributed by atoms with Gasteiger partial charge in [-0.25, -0.2) is 0 Å². The van der Waals surface area contributed by atoms with E-state index in [0.29, 0.717) is 5.56 Å². The highest BCUT2D eigenvalue weighted by Crippen LogP contribution is 2.18. The van der Waals surface area contributed by atoms with Crippen LogP contribution in [0.3, 0.4) is 0 Å². The number of halogens is 1. The van der Waals surface area contributed by atoms with Gasteiger partial charge in [0.15, 0.2) is 5.15 Å². The van der Waals surface area contributed by atoms with Gasteiger partial charge in [-0.2, -0.15) is 5.10 Å². The number of rotatable bonds is 1. The van der Waals surface area contributed by atoms with E-state index in [1.54, 1.807) is 6.92 Å². The Labute approximate surface area is 91.7 Å². The van der Waals surface area contributed by atoms with Crippen LogP contribution in [-0.4, -0.2) is 10.2 Å². The number of aryl methyl sites for hydroxylation is 1. The molecule has 0 bridgehead atoms. The van der Waals surface area contributed by atoms with Crippen molar-refractivity contribution < 1.29 is 0 Å². The molecule has 1 heterocycles. The standard InChI is InChI=1S/C11H9ClN2O/c1-7-9(8-5-3-2-4-6-8)10(15)11(12)14-13-7/h2-6H,1H3,(H,13,15). The molecule has 0 aliphatic rings. The van der Waals surface area contributed by atoms with Crippen LogP contribution in [0.15, 0.2) is 35.1 Å². The summed E-state index contributed by atoms with van der Waals surface area (Å²) in [6, 6.07) is 9.39. The second-order valence-electron chi connectivity index (χ2n) is 3.21. The molecule has 0 saturated carbocycles. The van der Waals surface area contributed by atoms with Crippen LogP contribution in [0.5, 0.6) is 0 Å². The number of aromatic nitrogens is 2. The Morgan fingerprint density at radius 1 is 1.27 bits per heavy atom. The maximum absolute atomic E-state index is 11.8. The lowest BCUT2D eigenvalue weighted by molar-refractivity contribution is 0.973. The molecule has 2 rings (SSSR count). The molecular formula is C11H9ClN2O. The minimum atomic E-state index is -0.237. The quantitative estimate of drug-likeness (QED) is 0.802. The number of benzene rings is 1. The van der Waals surface area contributed by atoms with Gasteiger partial charge in [0.1, 0.15) is 0 Å². The summed E-state index contributed by atoms with van der Waals surface area (Å²) in [5.41, 5.74) is 1.91. The molecule has 0 aliphatic heterocycles. The molecule has 15 heavy (non-hydrogen) atoms. The fraction of sp³-hybridized carbons (Fsp3) is 0.0909. The molecular weight excluding hydrogens is 212 g/mol. The third kappa shape index (κ3) is 1.78. The Bertz CT molecular complexity index is 534.